The molecule has 0 aromatic heterocycles. The van der Waals surface area contributed by atoms with E-state index in [1.807, 2.05) is 62.3 Å². The van der Waals surface area contributed by atoms with Crippen molar-refractivity contribution in [3.63, 3.8) is 0 Å². The topological polar surface area (TPSA) is 337 Å². The molecular formula is C77H135N13O15. The summed E-state index contributed by atoms with van der Waals surface area (Å²) in [7, 11) is 11.8. The van der Waals surface area contributed by atoms with Gasteiger partial charge in [-0.2, -0.15) is 0 Å². The molecule has 28 nitrogen and oxygen atoms in total. The van der Waals surface area contributed by atoms with Gasteiger partial charge in [-0.3, -0.25) is 62.3 Å². The smallest absolute Gasteiger partial charge is 0.248 e. The van der Waals surface area contributed by atoms with Crippen molar-refractivity contribution in [3.05, 3.63) is 0 Å². The lowest BCUT2D eigenvalue weighted by Gasteiger charge is -2.38. The first-order chi connectivity index (χ1) is 49.4. The Kier molecular flexibility index (Phi) is 37.7. The summed E-state index contributed by atoms with van der Waals surface area (Å²) in [5, 5.41) is 25.7. The summed E-state index contributed by atoms with van der Waals surface area (Å²) in [6.07, 6.45) is 7.76. The fourth-order valence-corrected chi connectivity index (χ4v) is 15.4. The van der Waals surface area contributed by atoms with Gasteiger partial charge in [0.1, 0.15) is 54.4 Å². The molecular weight excluding hydrogens is 1350 g/mol. The number of ether oxygens (including phenoxy) is 1. The average Bonchev–Trinajstić information content (AvgIpc) is 0.819. The molecule has 0 aromatic carbocycles. The number of likely N-dealkylation sites (tertiary alicyclic amines) is 1. The van der Waals surface area contributed by atoms with Gasteiger partial charge in [0, 0.05) is 76.1 Å². The van der Waals surface area contributed by atoms with Crippen molar-refractivity contribution in [2.24, 2.45) is 41.4 Å². The lowest BCUT2D eigenvalue weighted by Crippen LogP contribution is -2.61. The largest absolute Gasteiger partial charge is 0.391 e. The summed E-state index contributed by atoms with van der Waals surface area (Å²) in [6, 6.07) is -11.7. The van der Waals surface area contributed by atoms with Gasteiger partial charge in [-0.1, -0.05) is 108 Å². The molecule has 13 atom stereocenters. The second kappa shape index (κ2) is 43.7. The fraction of sp³-hybridized carbons (Fsp3) is 0.831. The van der Waals surface area contributed by atoms with Crippen molar-refractivity contribution in [3.8, 4) is 0 Å². The van der Waals surface area contributed by atoms with Crippen LogP contribution in [0.2, 0.25) is 0 Å². The first-order valence-electron chi connectivity index (χ1n) is 39.2. The molecule has 0 spiro atoms. The number of aliphatic hydroxyl groups is 1. The number of nitrogens with one attached hydrogen (secondary N) is 5. The molecule has 2 aliphatic heterocycles. The number of likely N-dealkylation sites (N-methyl/N-ethyl adjacent to an activating group) is 6. The predicted molar refractivity (Wildman–Crippen MR) is 401 cm³/mol. The third-order valence-corrected chi connectivity index (χ3v) is 21.9. The van der Waals surface area contributed by atoms with Gasteiger partial charge < -0.3 is 75.6 Å². The maximum atomic E-state index is 15.5. The van der Waals surface area contributed by atoms with E-state index < -0.39 is 163 Å². The first-order valence-corrected chi connectivity index (χ1v) is 39.2. The highest BCUT2D eigenvalue weighted by Crippen LogP contribution is 2.35. The van der Waals surface area contributed by atoms with Crippen LogP contribution in [0.4, 0.5) is 0 Å². The number of amides is 13. The zero-order chi connectivity index (χ0) is 78.9. The molecule has 6 N–H and O–H groups in total. The van der Waals surface area contributed by atoms with Crippen molar-refractivity contribution in [2.75, 3.05) is 89.2 Å². The minimum Gasteiger partial charge on any atom is -0.391 e. The molecule has 2 aliphatic carbocycles. The summed E-state index contributed by atoms with van der Waals surface area (Å²) < 4.78 is 5.82. The molecule has 0 radical (unpaired) electrons. The van der Waals surface area contributed by atoms with Gasteiger partial charge in [-0.25, -0.2) is 0 Å². The zero-order valence-corrected chi connectivity index (χ0v) is 67.2. The monoisotopic (exact) mass is 1480 g/mol. The molecule has 0 bridgehead atoms. The Balaban J connectivity index is 1.95. The number of hydrogen-bond donors (Lipinski definition) is 6. The Hall–Kier alpha value is -6.97. The van der Waals surface area contributed by atoms with Crippen LogP contribution in [0, 0.1) is 41.4 Å². The van der Waals surface area contributed by atoms with Gasteiger partial charge in [-0.15, -0.1) is 0 Å². The molecule has 4 rings (SSSR count). The molecule has 2 heterocycles. The highest BCUT2D eigenvalue weighted by atomic mass is 16.5. The Morgan fingerprint density at radius 3 is 1.53 bits per heavy atom. The van der Waals surface area contributed by atoms with Gasteiger partial charge in [-0.05, 0) is 139 Å². The van der Waals surface area contributed by atoms with E-state index >= 15 is 38.4 Å². The maximum absolute atomic E-state index is 15.5. The maximum Gasteiger partial charge on any atom is 0.248 e. The molecule has 2 saturated carbocycles. The average molecular weight is 1480 g/mol. The molecule has 0 aromatic rings. The molecule has 28 heteroatoms. The summed E-state index contributed by atoms with van der Waals surface area (Å²) >= 11 is 0. The number of unbranched alkanes of at least 4 members (excludes halogenated alkanes) is 1. The summed E-state index contributed by atoms with van der Waals surface area (Å²) in [5.41, 5.74) is 0. The van der Waals surface area contributed by atoms with Gasteiger partial charge in [0.15, 0.2) is 0 Å². The molecule has 4 aliphatic rings. The Morgan fingerprint density at radius 1 is 0.524 bits per heavy atom. The number of methoxy groups -OCH3 is 1. The van der Waals surface area contributed by atoms with E-state index in [2.05, 4.69) is 26.6 Å². The number of carbonyl (C=O) groups is 13. The van der Waals surface area contributed by atoms with Gasteiger partial charge in [0.25, 0.3) is 0 Å². The summed E-state index contributed by atoms with van der Waals surface area (Å²) in [4.78, 5) is 204. The number of piperidine rings is 1. The van der Waals surface area contributed by atoms with Crippen molar-refractivity contribution < 1.29 is 72.2 Å². The normalized spacial score (nSPS) is 27.8. The SMILES string of the molecule is CCCCN1CC(=O)N(C)[C@@H](CC2CCCCC2)C(=O)N(C)[C@@H](CC(C)C)C(=O)N[C@@H](CC(C)C)C(=O)N(C)[C@@H](CC(C)C)C(=O)N[C@H](C(=O)N2CCCCC2)CC(=O)N(C)CC(=O)N(C)[C@@H](CC(C)C)C(=O)N[C@H](CCC2CCC(C(=O)NC)C(OC)C2)C(=O)N(C)[C@@H](CC)C(=O)N[C@@H]([C@@H](C)O)C1=O. The van der Waals surface area contributed by atoms with E-state index in [9.17, 15) is 29.1 Å². The van der Waals surface area contributed by atoms with E-state index in [1.165, 1.54) is 85.7 Å². The van der Waals surface area contributed by atoms with Gasteiger partial charge in [0.05, 0.1) is 37.6 Å². The van der Waals surface area contributed by atoms with Crippen LogP contribution >= 0.6 is 0 Å². The Bertz CT molecular complexity index is 2900. The quantitative estimate of drug-likeness (QED) is 0.0924. The van der Waals surface area contributed by atoms with Gasteiger partial charge in [0.2, 0.25) is 76.8 Å². The minimum atomic E-state index is -1.64. The second-order valence-corrected chi connectivity index (χ2v) is 32.2. The van der Waals surface area contributed by atoms with Crippen molar-refractivity contribution in [1.82, 2.24) is 65.8 Å². The minimum absolute atomic E-state index is 0.00646. The second-order valence-electron chi connectivity index (χ2n) is 32.2. The fourth-order valence-electron chi connectivity index (χ4n) is 15.4. The lowest BCUT2D eigenvalue weighted by molar-refractivity contribution is -0.152. The van der Waals surface area contributed by atoms with Crippen LogP contribution in [0.3, 0.4) is 0 Å². The van der Waals surface area contributed by atoms with Crippen molar-refractivity contribution in [2.45, 2.75) is 284 Å². The van der Waals surface area contributed by atoms with E-state index in [0.717, 1.165) is 43.4 Å². The number of rotatable bonds is 21. The van der Waals surface area contributed by atoms with Crippen LogP contribution in [0.25, 0.3) is 0 Å². The van der Waals surface area contributed by atoms with Crippen LogP contribution < -0.4 is 26.6 Å². The standard InChI is InChI=1S/C77H135N13O15/c1-20-22-35-90-46-66(94)85(15)62(42-52-29-25-23-26-30-52)76(103)88(18)61(41-50(9)10)72(99)80-56(38-47(3)4)74(101)87(17)60(40-49(7)8)71(98)81-57(75(102)89-36-27-24-28-37-89)44-64(92)83(13)45-65(93)84(14)59(39-48(5)6)70(97)79-55(34-32-53-31-33-54(68(95)78-12)63(43-53)105-19)73(100)86(16)58(21-2)69(96)82-67(51(11)91)77(90)104/h47-63,67,91H,20-46H2,1-19H3,(H,78,95)(H,79,97)(H,80,99)(H,81,98)(H,82,96)/t51-,53?,54?,55-,56+,57+,58+,59+,60+,61+,62+,63?,67+/m1/s1. The van der Waals surface area contributed by atoms with E-state index in [-0.39, 0.29) is 92.9 Å². The van der Waals surface area contributed by atoms with Crippen molar-refractivity contribution in [1.29, 1.82) is 0 Å². The van der Waals surface area contributed by atoms with Crippen LogP contribution in [-0.2, 0) is 67.1 Å². The Morgan fingerprint density at radius 2 is 1.01 bits per heavy atom. The molecule has 105 heavy (non-hydrogen) atoms. The molecule has 598 valence electrons. The third kappa shape index (κ3) is 26.7. The van der Waals surface area contributed by atoms with Crippen LogP contribution in [0.5, 0.6) is 0 Å². The predicted octanol–water partition coefficient (Wildman–Crippen LogP) is 4.47. The molecule has 4 fully saturated rings. The third-order valence-electron chi connectivity index (χ3n) is 21.9. The highest BCUT2D eigenvalue weighted by Gasteiger charge is 2.44. The zero-order valence-electron chi connectivity index (χ0n) is 67.2. The van der Waals surface area contributed by atoms with Crippen LogP contribution in [-0.4, -0.2) is 277 Å². The highest BCUT2D eigenvalue weighted by molar-refractivity contribution is 6.00. The number of aliphatic hydroxyl groups excluding tert-OH is 1. The van der Waals surface area contributed by atoms with E-state index in [0.29, 0.717) is 64.5 Å². The molecule has 3 unspecified atom stereocenters. The Labute approximate surface area is 626 Å². The lowest BCUT2D eigenvalue weighted by atomic mass is 9.77. The van der Waals surface area contributed by atoms with Crippen LogP contribution in [0.1, 0.15) is 217 Å². The van der Waals surface area contributed by atoms with Crippen molar-refractivity contribution >= 4 is 76.8 Å². The van der Waals surface area contributed by atoms with Crippen LogP contribution in [0.15, 0.2) is 0 Å². The first kappa shape index (κ1) is 90.4. The summed E-state index contributed by atoms with van der Waals surface area (Å²) in [5.74, 6) is -9.44. The summed E-state index contributed by atoms with van der Waals surface area (Å²) in [6.45, 7) is 19.5. The van der Waals surface area contributed by atoms with E-state index in [4.69, 9.17) is 4.74 Å². The van der Waals surface area contributed by atoms with E-state index in [1.54, 1.807) is 18.9 Å². The molecule has 13 amide bonds. The molecule has 2 saturated heterocycles. The van der Waals surface area contributed by atoms with Gasteiger partial charge >= 0.3 is 0 Å². The number of carbonyl (C=O) groups excluding carboxylic acids is 13. The number of nitrogens with zero attached hydrogens (tertiary/aromatic N) is 8. The number of hydrogen-bond acceptors (Lipinski definition) is 15.